The van der Waals surface area contributed by atoms with Gasteiger partial charge in [-0.15, -0.1) is 0 Å². The summed E-state index contributed by atoms with van der Waals surface area (Å²) in [5.74, 6) is 1.28. The number of hydrogen-bond acceptors (Lipinski definition) is 5. The van der Waals surface area contributed by atoms with Gasteiger partial charge in [0.1, 0.15) is 23.3 Å². The molecule has 0 aliphatic carbocycles. The third kappa shape index (κ3) is 7.64. The van der Waals surface area contributed by atoms with Crippen LogP contribution >= 0.6 is 11.6 Å². The van der Waals surface area contributed by atoms with Crippen LogP contribution in [0.25, 0.3) is 0 Å². The molecule has 32 heavy (non-hydrogen) atoms. The number of ether oxygens (including phenoxy) is 3. The molecular formula is C24H31ClN2O5. The SMILES string of the molecule is COc1cc(OC)cc(OCC(=O)N(Cc2ccc(Cl)cc2)[C@@H](C)C(=O)NCC(C)C)c1. The topological polar surface area (TPSA) is 77.1 Å². The van der Waals surface area contributed by atoms with E-state index >= 15 is 0 Å². The van der Waals surface area contributed by atoms with Crippen molar-refractivity contribution in [2.24, 2.45) is 5.92 Å². The van der Waals surface area contributed by atoms with E-state index in [4.69, 9.17) is 25.8 Å². The van der Waals surface area contributed by atoms with Crippen molar-refractivity contribution in [1.29, 1.82) is 0 Å². The van der Waals surface area contributed by atoms with E-state index in [9.17, 15) is 9.59 Å². The fourth-order valence-electron chi connectivity index (χ4n) is 2.91. The van der Waals surface area contributed by atoms with Crippen LogP contribution in [0.15, 0.2) is 42.5 Å². The summed E-state index contributed by atoms with van der Waals surface area (Å²) in [7, 11) is 3.07. The van der Waals surface area contributed by atoms with Crippen LogP contribution in [0.1, 0.15) is 26.3 Å². The third-order valence-corrected chi connectivity index (χ3v) is 5.06. The smallest absolute Gasteiger partial charge is 0.261 e. The van der Waals surface area contributed by atoms with E-state index < -0.39 is 6.04 Å². The van der Waals surface area contributed by atoms with Crippen LogP contribution in [-0.4, -0.2) is 50.1 Å². The molecule has 174 valence electrons. The predicted molar refractivity (Wildman–Crippen MR) is 124 cm³/mol. The van der Waals surface area contributed by atoms with E-state index in [-0.39, 0.29) is 25.0 Å². The van der Waals surface area contributed by atoms with Crippen molar-refractivity contribution in [1.82, 2.24) is 10.2 Å². The molecule has 2 rings (SSSR count). The third-order valence-electron chi connectivity index (χ3n) is 4.81. The average molecular weight is 463 g/mol. The first-order valence-corrected chi connectivity index (χ1v) is 10.8. The van der Waals surface area contributed by atoms with Crippen LogP contribution < -0.4 is 19.5 Å². The molecule has 2 amide bonds. The molecule has 0 saturated heterocycles. The summed E-state index contributed by atoms with van der Waals surface area (Å²) in [6.07, 6.45) is 0. The number of nitrogens with zero attached hydrogens (tertiary/aromatic N) is 1. The Balaban J connectivity index is 2.17. The van der Waals surface area contributed by atoms with Gasteiger partial charge < -0.3 is 24.4 Å². The van der Waals surface area contributed by atoms with E-state index in [1.807, 2.05) is 26.0 Å². The molecule has 0 fully saturated rings. The monoisotopic (exact) mass is 462 g/mol. The van der Waals surface area contributed by atoms with Gasteiger partial charge in [-0.3, -0.25) is 9.59 Å². The average Bonchev–Trinajstić information content (AvgIpc) is 2.79. The Morgan fingerprint density at radius 1 is 0.969 bits per heavy atom. The normalized spacial score (nSPS) is 11.6. The summed E-state index contributed by atoms with van der Waals surface area (Å²) in [6, 6.07) is 11.5. The van der Waals surface area contributed by atoms with Crippen molar-refractivity contribution in [3.05, 3.63) is 53.1 Å². The number of halogens is 1. The number of rotatable bonds is 11. The summed E-state index contributed by atoms with van der Waals surface area (Å²) in [6.45, 7) is 6.27. The van der Waals surface area contributed by atoms with Crippen molar-refractivity contribution in [3.63, 3.8) is 0 Å². The number of carbonyl (C=O) groups is 2. The number of carbonyl (C=O) groups excluding carboxylic acids is 2. The number of amides is 2. The summed E-state index contributed by atoms with van der Waals surface area (Å²) in [4.78, 5) is 27.3. The first-order chi connectivity index (χ1) is 15.2. The van der Waals surface area contributed by atoms with Crippen LogP contribution in [0, 0.1) is 5.92 Å². The van der Waals surface area contributed by atoms with Gasteiger partial charge in [0.2, 0.25) is 5.91 Å². The van der Waals surface area contributed by atoms with Crippen LogP contribution in [-0.2, 0) is 16.1 Å². The molecule has 0 radical (unpaired) electrons. The van der Waals surface area contributed by atoms with E-state index in [1.54, 1.807) is 37.3 Å². The van der Waals surface area contributed by atoms with Gasteiger partial charge in [-0.2, -0.15) is 0 Å². The second kappa shape index (κ2) is 12.2. The van der Waals surface area contributed by atoms with E-state index in [1.165, 1.54) is 19.1 Å². The van der Waals surface area contributed by atoms with Gasteiger partial charge >= 0.3 is 0 Å². The lowest BCUT2D eigenvalue weighted by Crippen LogP contribution is -2.49. The molecular weight excluding hydrogens is 432 g/mol. The van der Waals surface area contributed by atoms with Crippen LogP contribution in [0.2, 0.25) is 5.02 Å². The van der Waals surface area contributed by atoms with Gasteiger partial charge in [0, 0.05) is 36.3 Å². The van der Waals surface area contributed by atoms with E-state index in [0.717, 1.165) is 5.56 Å². The highest BCUT2D eigenvalue weighted by Gasteiger charge is 2.26. The highest BCUT2D eigenvalue weighted by molar-refractivity contribution is 6.30. The minimum atomic E-state index is -0.680. The lowest BCUT2D eigenvalue weighted by molar-refractivity contribution is -0.142. The largest absolute Gasteiger partial charge is 0.496 e. The zero-order valence-electron chi connectivity index (χ0n) is 19.2. The summed E-state index contributed by atoms with van der Waals surface area (Å²) >= 11 is 5.98. The van der Waals surface area contributed by atoms with Crippen molar-refractivity contribution < 1.29 is 23.8 Å². The Labute approximate surface area is 194 Å². The second-order valence-electron chi connectivity index (χ2n) is 7.80. The molecule has 7 nitrogen and oxygen atoms in total. The molecule has 0 aliphatic rings. The Morgan fingerprint density at radius 2 is 1.53 bits per heavy atom. The van der Waals surface area contributed by atoms with Gasteiger partial charge in [-0.1, -0.05) is 37.6 Å². The molecule has 0 aromatic heterocycles. The van der Waals surface area contributed by atoms with Gasteiger partial charge in [0.25, 0.3) is 5.91 Å². The van der Waals surface area contributed by atoms with Crippen molar-refractivity contribution in [2.75, 3.05) is 27.4 Å². The molecule has 2 aromatic carbocycles. The predicted octanol–water partition coefficient (Wildman–Crippen LogP) is 3.93. The number of methoxy groups -OCH3 is 2. The first kappa shape index (κ1) is 25.3. The summed E-state index contributed by atoms with van der Waals surface area (Å²) < 4.78 is 16.2. The van der Waals surface area contributed by atoms with Crippen LogP contribution in [0.5, 0.6) is 17.2 Å². The lowest BCUT2D eigenvalue weighted by Gasteiger charge is -2.29. The maximum Gasteiger partial charge on any atom is 0.261 e. The molecule has 2 aromatic rings. The second-order valence-corrected chi connectivity index (χ2v) is 8.24. The molecule has 0 saturated carbocycles. The molecule has 0 bridgehead atoms. The first-order valence-electron chi connectivity index (χ1n) is 10.4. The fourth-order valence-corrected chi connectivity index (χ4v) is 3.04. The van der Waals surface area contributed by atoms with Gasteiger partial charge in [0.15, 0.2) is 6.61 Å². The van der Waals surface area contributed by atoms with Gasteiger partial charge in [0.05, 0.1) is 14.2 Å². The number of nitrogens with one attached hydrogen (secondary N) is 1. The highest BCUT2D eigenvalue weighted by atomic mass is 35.5. The Hall–Kier alpha value is -2.93. The van der Waals surface area contributed by atoms with Crippen molar-refractivity contribution in [3.8, 4) is 17.2 Å². The Bertz CT molecular complexity index is 880. The van der Waals surface area contributed by atoms with Crippen molar-refractivity contribution in [2.45, 2.75) is 33.4 Å². The molecule has 1 N–H and O–H groups in total. The zero-order chi connectivity index (χ0) is 23.7. The minimum Gasteiger partial charge on any atom is -0.496 e. The standard InChI is InChI=1S/C24H31ClN2O5/c1-16(2)13-26-24(29)17(3)27(14-18-6-8-19(25)9-7-18)23(28)15-32-22-11-20(30-4)10-21(12-22)31-5/h6-12,16-17H,13-15H2,1-5H3,(H,26,29)/t17-/m0/s1. The molecule has 0 aliphatic heterocycles. The zero-order valence-corrected chi connectivity index (χ0v) is 19.9. The molecule has 0 unspecified atom stereocenters. The number of benzene rings is 2. The molecule has 0 heterocycles. The molecule has 0 spiro atoms. The maximum atomic E-state index is 13.1. The lowest BCUT2D eigenvalue weighted by atomic mass is 10.1. The summed E-state index contributed by atoms with van der Waals surface area (Å²) in [5, 5.41) is 3.49. The minimum absolute atomic E-state index is 0.218. The Morgan fingerprint density at radius 3 is 2.06 bits per heavy atom. The van der Waals surface area contributed by atoms with Crippen molar-refractivity contribution >= 4 is 23.4 Å². The maximum absolute atomic E-state index is 13.1. The quantitative estimate of drug-likeness (QED) is 0.547. The Kier molecular flexibility index (Phi) is 9.65. The molecule has 1 atom stereocenters. The fraction of sp³-hybridized carbons (Fsp3) is 0.417. The highest BCUT2D eigenvalue weighted by Crippen LogP contribution is 2.27. The van der Waals surface area contributed by atoms with Gasteiger partial charge in [-0.25, -0.2) is 0 Å². The molecule has 8 heteroatoms. The summed E-state index contributed by atoms with van der Waals surface area (Å²) in [5.41, 5.74) is 0.856. The van der Waals surface area contributed by atoms with Crippen LogP contribution in [0.4, 0.5) is 0 Å². The van der Waals surface area contributed by atoms with Gasteiger partial charge in [-0.05, 0) is 30.5 Å². The van der Waals surface area contributed by atoms with E-state index in [0.29, 0.717) is 34.7 Å². The van der Waals surface area contributed by atoms with Crippen LogP contribution in [0.3, 0.4) is 0 Å². The number of hydrogen-bond donors (Lipinski definition) is 1. The van der Waals surface area contributed by atoms with E-state index in [2.05, 4.69) is 5.32 Å².